The number of hydrogen-bond donors (Lipinski definition) is 2. The molecule has 0 radical (unpaired) electrons. The van der Waals surface area contributed by atoms with Crippen molar-refractivity contribution in [3.8, 4) is 0 Å². The normalized spacial score (nSPS) is 12.2. The maximum atomic E-state index is 12.4. The highest BCUT2D eigenvalue weighted by atomic mass is 19.4. The van der Waals surface area contributed by atoms with Crippen LogP contribution in [0.4, 0.5) is 13.2 Å². The summed E-state index contributed by atoms with van der Waals surface area (Å²) in [5, 5.41) is 0.568. The Balaban J connectivity index is 2.46. The first kappa shape index (κ1) is 11.0. The molecule has 16 heavy (non-hydrogen) atoms. The molecule has 0 saturated heterocycles. The number of aromatic nitrogens is 1. The molecule has 2 aromatic rings. The minimum absolute atomic E-state index is 0.488. The van der Waals surface area contributed by atoms with Crippen molar-refractivity contribution in [2.24, 2.45) is 5.73 Å². The van der Waals surface area contributed by atoms with E-state index >= 15 is 0 Å². The van der Waals surface area contributed by atoms with Crippen LogP contribution in [0.25, 0.3) is 10.9 Å². The third-order valence-electron chi connectivity index (χ3n) is 2.42. The lowest BCUT2D eigenvalue weighted by molar-refractivity contribution is -0.140. The molecule has 0 fully saturated rings. The molecule has 2 nitrogen and oxygen atoms in total. The Hall–Kier alpha value is -1.49. The molecule has 1 heterocycles. The Bertz CT molecular complexity index is 499. The van der Waals surface area contributed by atoms with Gasteiger partial charge in [-0.2, -0.15) is 13.2 Å². The summed E-state index contributed by atoms with van der Waals surface area (Å²) < 4.78 is 37.3. The molecule has 2 rings (SSSR count). The van der Waals surface area contributed by atoms with Crippen LogP contribution >= 0.6 is 0 Å². The molecule has 3 N–H and O–H groups in total. The number of halogens is 3. The molecular weight excluding hydrogens is 217 g/mol. The van der Waals surface area contributed by atoms with Crippen molar-refractivity contribution in [1.29, 1.82) is 0 Å². The van der Waals surface area contributed by atoms with Gasteiger partial charge in [-0.25, -0.2) is 0 Å². The predicted octanol–water partition coefficient (Wildman–Crippen LogP) is 2.69. The molecule has 0 saturated carbocycles. The average molecular weight is 228 g/mol. The predicted molar refractivity (Wildman–Crippen MR) is 56.1 cm³/mol. The number of alkyl halides is 3. The van der Waals surface area contributed by atoms with Crippen LogP contribution in [0.5, 0.6) is 0 Å². The topological polar surface area (TPSA) is 41.8 Å². The average Bonchev–Trinajstić information content (AvgIpc) is 2.60. The van der Waals surface area contributed by atoms with E-state index in [4.69, 9.17) is 5.73 Å². The molecule has 0 aliphatic rings. The molecular formula is C11H11F3N2. The Labute approximate surface area is 90.3 Å². The standard InChI is InChI=1S/C11H11F3N2/c12-11(13,14)10-6-8-5-7(3-4-15)1-2-9(8)16-10/h1-2,5-6,16H,3-4,15H2. The van der Waals surface area contributed by atoms with Gasteiger partial charge in [0.1, 0.15) is 5.69 Å². The first-order valence-electron chi connectivity index (χ1n) is 4.89. The van der Waals surface area contributed by atoms with E-state index in [9.17, 15) is 13.2 Å². The fourth-order valence-corrected chi connectivity index (χ4v) is 1.66. The second-order valence-corrected chi connectivity index (χ2v) is 3.64. The molecule has 0 bridgehead atoms. The molecule has 86 valence electrons. The highest BCUT2D eigenvalue weighted by molar-refractivity contribution is 5.81. The van der Waals surface area contributed by atoms with Crippen LogP contribution in [-0.4, -0.2) is 11.5 Å². The van der Waals surface area contributed by atoms with Gasteiger partial charge in [-0.05, 0) is 36.7 Å². The fraction of sp³-hybridized carbons (Fsp3) is 0.273. The third-order valence-corrected chi connectivity index (χ3v) is 2.42. The number of nitrogens with one attached hydrogen (secondary N) is 1. The lowest BCUT2D eigenvalue weighted by atomic mass is 10.1. The van der Waals surface area contributed by atoms with Gasteiger partial charge in [-0.1, -0.05) is 6.07 Å². The molecule has 0 aliphatic heterocycles. The van der Waals surface area contributed by atoms with Crippen LogP contribution in [0, 0.1) is 0 Å². The molecule has 0 atom stereocenters. The summed E-state index contributed by atoms with van der Waals surface area (Å²) in [7, 11) is 0. The van der Waals surface area contributed by atoms with Crippen LogP contribution in [0.3, 0.4) is 0 Å². The van der Waals surface area contributed by atoms with E-state index in [2.05, 4.69) is 4.98 Å². The van der Waals surface area contributed by atoms with E-state index in [-0.39, 0.29) is 0 Å². The zero-order valence-electron chi connectivity index (χ0n) is 8.43. The Morgan fingerprint density at radius 3 is 2.56 bits per heavy atom. The van der Waals surface area contributed by atoms with Crippen molar-refractivity contribution in [3.05, 3.63) is 35.5 Å². The summed E-state index contributed by atoms with van der Waals surface area (Å²) in [4.78, 5) is 2.35. The number of aromatic amines is 1. The van der Waals surface area contributed by atoms with E-state index in [0.717, 1.165) is 11.6 Å². The van der Waals surface area contributed by atoms with Crippen molar-refractivity contribution in [1.82, 2.24) is 4.98 Å². The monoisotopic (exact) mass is 228 g/mol. The van der Waals surface area contributed by atoms with E-state index in [1.54, 1.807) is 18.2 Å². The van der Waals surface area contributed by atoms with Crippen LogP contribution in [0.2, 0.25) is 0 Å². The van der Waals surface area contributed by atoms with E-state index in [1.165, 1.54) is 0 Å². The zero-order chi connectivity index (χ0) is 11.8. The smallest absolute Gasteiger partial charge is 0.351 e. The van der Waals surface area contributed by atoms with Crippen molar-refractivity contribution < 1.29 is 13.2 Å². The molecule has 1 aromatic carbocycles. The summed E-state index contributed by atoms with van der Waals surface area (Å²) in [6.07, 6.45) is -3.66. The number of fused-ring (bicyclic) bond motifs is 1. The summed E-state index contributed by atoms with van der Waals surface area (Å²) in [5.41, 5.74) is 6.12. The second-order valence-electron chi connectivity index (χ2n) is 3.64. The van der Waals surface area contributed by atoms with Crippen molar-refractivity contribution in [2.45, 2.75) is 12.6 Å². The minimum atomic E-state index is -4.33. The van der Waals surface area contributed by atoms with E-state index < -0.39 is 11.9 Å². The fourth-order valence-electron chi connectivity index (χ4n) is 1.66. The molecule has 0 unspecified atom stereocenters. The van der Waals surface area contributed by atoms with Gasteiger partial charge in [0.05, 0.1) is 0 Å². The van der Waals surface area contributed by atoms with E-state index in [0.29, 0.717) is 23.9 Å². The lowest BCUT2D eigenvalue weighted by Gasteiger charge is -2.00. The summed E-state index contributed by atoms with van der Waals surface area (Å²) >= 11 is 0. The van der Waals surface area contributed by atoms with E-state index in [1.807, 2.05) is 0 Å². The van der Waals surface area contributed by atoms with Gasteiger partial charge in [0.2, 0.25) is 0 Å². The summed E-state index contributed by atoms with van der Waals surface area (Å²) in [6, 6.07) is 6.28. The van der Waals surface area contributed by atoms with Crippen molar-refractivity contribution >= 4 is 10.9 Å². The number of hydrogen-bond acceptors (Lipinski definition) is 1. The highest BCUT2D eigenvalue weighted by Gasteiger charge is 2.32. The minimum Gasteiger partial charge on any atom is -0.351 e. The number of benzene rings is 1. The van der Waals surface area contributed by atoms with Gasteiger partial charge in [0.15, 0.2) is 0 Å². The highest BCUT2D eigenvalue weighted by Crippen LogP contribution is 2.31. The first-order chi connectivity index (χ1) is 7.50. The lowest BCUT2D eigenvalue weighted by Crippen LogP contribution is -2.04. The Kier molecular flexibility index (Phi) is 2.63. The van der Waals surface area contributed by atoms with Gasteiger partial charge in [0, 0.05) is 10.9 Å². The molecule has 5 heteroatoms. The molecule has 0 aliphatic carbocycles. The maximum absolute atomic E-state index is 12.4. The SMILES string of the molecule is NCCc1ccc2[nH]c(C(F)(F)F)cc2c1. The molecule has 0 spiro atoms. The van der Waals surface area contributed by atoms with Crippen LogP contribution in [0.1, 0.15) is 11.3 Å². The summed E-state index contributed by atoms with van der Waals surface area (Å²) in [5.74, 6) is 0. The van der Waals surface area contributed by atoms with Crippen LogP contribution in [0.15, 0.2) is 24.3 Å². The van der Waals surface area contributed by atoms with Crippen LogP contribution < -0.4 is 5.73 Å². The number of rotatable bonds is 2. The molecule has 1 aromatic heterocycles. The quantitative estimate of drug-likeness (QED) is 0.815. The third kappa shape index (κ3) is 2.04. The van der Waals surface area contributed by atoms with Gasteiger partial charge < -0.3 is 10.7 Å². The Morgan fingerprint density at radius 1 is 1.19 bits per heavy atom. The van der Waals surface area contributed by atoms with Gasteiger partial charge in [0.25, 0.3) is 0 Å². The second kappa shape index (κ2) is 3.83. The van der Waals surface area contributed by atoms with Gasteiger partial charge in [-0.3, -0.25) is 0 Å². The number of nitrogens with two attached hydrogens (primary N) is 1. The van der Waals surface area contributed by atoms with Crippen molar-refractivity contribution in [2.75, 3.05) is 6.54 Å². The maximum Gasteiger partial charge on any atom is 0.431 e. The zero-order valence-corrected chi connectivity index (χ0v) is 8.43. The summed E-state index contributed by atoms with van der Waals surface area (Å²) in [6.45, 7) is 0.488. The van der Waals surface area contributed by atoms with Crippen LogP contribution in [-0.2, 0) is 12.6 Å². The number of H-pyrrole nitrogens is 1. The largest absolute Gasteiger partial charge is 0.431 e. The molecule has 0 amide bonds. The Morgan fingerprint density at radius 2 is 1.94 bits per heavy atom. The van der Waals surface area contributed by atoms with Crippen molar-refractivity contribution in [3.63, 3.8) is 0 Å². The van der Waals surface area contributed by atoms with Gasteiger partial charge >= 0.3 is 6.18 Å². The van der Waals surface area contributed by atoms with Gasteiger partial charge in [-0.15, -0.1) is 0 Å². The first-order valence-corrected chi connectivity index (χ1v) is 4.89.